The first-order valence-electron chi connectivity index (χ1n) is 9.84. The van der Waals surface area contributed by atoms with E-state index in [9.17, 15) is 9.59 Å². The number of hydrogen-bond donors (Lipinski definition) is 1. The highest BCUT2D eigenvalue weighted by molar-refractivity contribution is 6.03. The summed E-state index contributed by atoms with van der Waals surface area (Å²) in [6.45, 7) is 4.45. The molecule has 29 heavy (non-hydrogen) atoms. The van der Waals surface area contributed by atoms with Gasteiger partial charge in [-0.05, 0) is 42.7 Å². The van der Waals surface area contributed by atoms with E-state index in [1.165, 1.54) is 0 Å². The van der Waals surface area contributed by atoms with E-state index in [0.29, 0.717) is 18.5 Å². The Morgan fingerprint density at radius 3 is 2.45 bits per heavy atom. The van der Waals surface area contributed by atoms with Crippen molar-refractivity contribution < 1.29 is 9.59 Å². The van der Waals surface area contributed by atoms with Crippen LogP contribution in [-0.2, 0) is 17.8 Å². The molecule has 0 saturated heterocycles. The topological polar surface area (TPSA) is 49.4 Å². The molecule has 4 rings (SSSR count). The fraction of sp³-hybridized carbons (Fsp3) is 0.200. The third-order valence-electron chi connectivity index (χ3n) is 5.44. The number of carbonyl (C=O) groups is 2. The second-order valence-electron chi connectivity index (χ2n) is 7.60. The first kappa shape index (κ1) is 18.9. The second-order valence-corrected chi connectivity index (χ2v) is 7.60. The Bertz CT molecular complexity index is 1060. The number of nitrogens with one attached hydrogen (secondary N) is 1. The summed E-state index contributed by atoms with van der Waals surface area (Å²) in [6, 6.07) is 22.8. The smallest absolute Gasteiger partial charge is 0.255 e. The molecule has 0 aliphatic carbocycles. The number of rotatable bonds is 5. The Balaban J connectivity index is 1.63. The van der Waals surface area contributed by atoms with Gasteiger partial charge in [0.2, 0.25) is 5.91 Å². The van der Waals surface area contributed by atoms with Crippen molar-refractivity contribution in [3.8, 4) is 0 Å². The molecular weight excluding hydrogens is 360 g/mol. The highest BCUT2D eigenvalue weighted by Gasteiger charge is 2.36. The van der Waals surface area contributed by atoms with Crippen LogP contribution in [0.1, 0.15) is 32.6 Å². The number of hydrogen-bond acceptors (Lipinski definition) is 2. The van der Waals surface area contributed by atoms with Crippen molar-refractivity contribution in [2.75, 3.05) is 5.32 Å². The number of amides is 2. The minimum atomic E-state index is -0.585. The zero-order valence-corrected chi connectivity index (χ0v) is 16.7. The van der Waals surface area contributed by atoms with Gasteiger partial charge in [-0.1, -0.05) is 66.2 Å². The van der Waals surface area contributed by atoms with Gasteiger partial charge in [-0.3, -0.25) is 9.59 Å². The fourth-order valence-corrected chi connectivity index (χ4v) is 3.88. The molecule has 3 aromatic carbocycles. The predicted octanol–water partition coefficient (Wildman–Crippen LogP) is 4.51. The predicted molar refractivity (Wildman–Crippen MR) is 115 cm³/mol. The van der Waals surface area contributed by atoms with Crippen molar-refractivity contribution in [3.05, 3.63) is 101 Å². The van der Waals surface area contributed by atoms with Crippen LogP contribution >= 0.6 is 0 Å². The van der Waals surface area contributed by atoms with Crippen LogP contribution in [0.3, 0.4) is 0 Å². The summed E-state index contributed by atoms with van der Waals surface area (Å²) in [5, 5.41) is 3.05. The molecule has 1 atom stereocenters. The summed E-state index contributed by atoms with van der Waals surface area (Å²) in [5.41, 5.74) is 5.61. The Morgan fingerprint density at radius 1 is 1.00 bits per heavy atom. The van der Waals surface area contributed by atoms with E-state index in [1.54, 1.807) is 4.90 Å². The number of fused-ring (bicyclic) bond motifs is 1. The van der Waals surface area contributed by atoms with Gasteiger partial charge in [0.1, 0.15) is 6.04 Å². The Hall–Kier alpha value is -3.40. The van der Waals surface area contributed by atoms with Gasteiger partial charge >= 0.3 is 0 Å². The molecule has 146 valence electrons. The summed E-state index contributed by atoms with van der Waals surface area (Å²) < 4.78 is 0. The van der Waals surface area contributed by atoms with Gasteiger partial charge in [-0.2, -0.15) is 0 Å². The van der Waals surface area contributed by atoms with Gasteiger partial charge in [-0.15, -0.1) is 0 Å². The summed E-state index contributed by atoms with van der Waals surface area (Å²) in [7, 11) is 0. The van der Waals surface area contributed by atoms with Gasteiger partial charge in [-0.25, -0.2) is 0 Å². The van der Waals surface area contributed by atoms with Gasteiger partial charge in [0.15, 0.2) is 0 Å². The summed E-state index contributed by atoms with van der Waals surface area (Å²) >= 11 is 0. The number of aryl methyl sites for hydroxylation is 2. The van der Waals surface area contributed by atoms with Crippen molar-refractivity contribution in [1.82, 2.24) is 4.90 Å². The average Bonchev–Trinajstić information content (AvgIpc) is 3.05. The highest BCUT2D eigenvalue weighted by Crippen LogP contribution is 2.27. The van der Waals surface area contributed by atoms with Crippen molar-refractivity contribution >= 4 is 17.5 Å². The van der Waals surface area contributed by atoms with Crippen LogP contribution in [0.25, 0.3) is 0 Å². The largest absolute Gasteiger partial charge is 0.324 e. The molecule has 1 unspecified atom stereocenters. The average molecular weight is 384 g/mol. The van der Waals surface area contributed by atoms with E-state index in [2.05, 4.69) is 5.32 Å². The van der Waals surface area contributed by atoms with Crippen LogP contribution in [0, 0.1) is 13.8 Å². The van der Waals surface area contributed by atoms with Crippen molar-refractivity contribution in [1.29, 1.82) is 0 Å². The summed E-state index contributed by atoms with van der Waals surface area (Å²) in [6.07, 6.45) is 0.470. The molecule has 2 amide bonds. The van der Waals surface area contributed by atoms with E-state index in [1.807, 2.05) is 86.6 Å². The molecule has 1 N–H and O–H groups in total. The molecule has 0 saturated carbocycles. The number of nitrogens with zero attached hydrogens (tertiary/aromatic N) is 1. The first-order chi connectivity index (χ1) is 14.0. The normalized spacial score (nSPS) is 13.9. The molecule has 0 aromatic heterocycles. The first-order valence-corrected chi connectivity index (χ1v) is 9.84. The zero-order chi connectivity index (χ0) is 20.4. The molecule has 0 bridgehead atoms. The number of anilines is 1. The van der Waals surface area contributed by atoms with E-state index >= 15 is 0 Å². The minimum Gasteiger partial charge on any atom is -0.324 e. The molecule has 4 nitrogen and oxygen atoms in total. The maximum atomic E-state index is 13.3. The molecule has 1 aliphatic heterocycles. The zero-order valence-electron chi connectivity index (χ0n) is 16.7. The maximum Gasteiger partial charge on any atom is 0.255 e. The Morgan fingerprint density at radius 2 is 1.72 bits per heavy atom. The lowest BCUT2D eigenvalue weighted by Gasteiger charge is -2.27. The standard InChI is InChI=1S/C25H24N2O2/c1-17-12-13-22(18(2)14-17)26-24(28)23(15-19-8-4-3-5-9-19)27-16-20-10-6-7-11-21(20)25(27)29/h3-14,23H,15-16H2,1-2H3,(H,26,28). The molecule has 3 aromatic rings. The lowest BCUT2D eigenvalue weighted by atomic mass is 10.0. The van der Waals surface area contributed by atoms with Crippen LogP contribution in [0.15, 0.2) is 72.8 Å². The lowest BCUT2D eigenvalue weighted by Crippen LogP contribution is -2.45. The van der Waals surface area contributed by atoms with E-state index in [4.69, 9.17) is 0 Å². The fourth-order valence-electron chi connectivity index (χ4n) is 3.88. The van der Waals surface area contributed by atoms with Gasteiger partial charge in [0.25, 0.3) is 5.91 Å². The van der Waals surface area contributed by atoms with Crippen LogP contribution in [-0.4, -0.2) is 22.8 Å². The van der Waals surface area contributed by atoms with E-state index < -0.39 is 6.04 Å². The van der Waals surface area contributed by atoms with Gasteiger partial charge in [0.05, 0.1) is 0 Å². The third kappa shape index (κ3) is 3.92. The van der Waals surface area contributed by atoms with Crippen LogP contribution < -0.4 is 5.32 Å². The van der Waals surface area contributed by atoms with Crippen molar-refractivity contribution in [2.45, 2.75) is 32.9 Å². The molecule has 0 radical (unpaired) electrons. The minimum absolute atomic E-state index is 0.0858. The van der Waals surface area contributed by atoms with Gasteiger partial charge in [0, 0.05) is 24.2 Å². The molecular formula is C25H24N2O2. The Kier molecular flexibility index (Phi) is 5.17. The van der Waals surface area contributed by atoms with E-state index in [0.717, 1.165) is 27.9 Å². The van der Waals surface area contributed by atoms with Crippen LogP contribution in [0.5, 0.6) is 0 Å². The lowest BCUT2D eigenvalue weighted by molar-refractivity contribution is -0.120. The second kappa shape index (κ2) is 7.92. The highest BCUT2D eigenvalue weighted by atomic mass is 16.2. The quantitative estimate of drug-likeness (QED) is 0.704. The molecule has 1 heterocycles. The molecule has 0 fully saturated rings. The van der Waals surface area contributed by atoms with Crippen molar-refractivity contribution in [2.24, 2.45) is 0 Å². The Labute approximate surface area is 171 Å². The maximum absolute atomic E-state index is 13.3. The molecule has 0 spiro atoms. The number of benzene rings is 3. The van der Waals surface area contributed by atoms with Crippen molar-refractivity contribution in [3.63, 3.8) is 0 Å². The van der Waals surface area contributed by atoms with Gasteiger partial charge < -0.3 is 10.2 Å². The third-order valence-corrected chi connectivity index (χ3v) is 5.44. The SMILES string of the molecule is Cc1ccc(NC(=O)C(Cc2ccccc2)N2Cc3ccccc3C2=O)c(C)c1. The summed E-state index contributed by atoms with van der Waals surface area (Å²) in [5.74, 6) is -0.251. The monoisotopic (exact) mass is 384 g/mol. The number of carbonyl (C=O) groups excluding carboxylic acids is 2. The summed E-state index contributed by atoms with van der Waals surface area (Å²) in [4.78, 5) is 28.1. The van der Waals surface area contributed by atoms with E-state index in [-0.39, 0.29) is 11.8 Å². The van der Waals surface area contributed by atoms with Crippen LogP contribution in [0.4, 0.5) is 5.69 Å². The molecule has 1 aliphatic rings. The molecule has 4 heteroatoms. The van der Waals surface area contributed by atoms with Crippen LogP contribution in [0.2, 0.25) is 0 Å².